The lowest BCUT2D eigenvalue weighted by Crippen LogP contribution is -2.20. The van der Waals surface area contributed by atoms with Crippen molar-refractivity contribution in [2.75, 3.05) is 0 Å². The van der Waals surface area contributed by atoms with Crippen LogP contribution in [0.4, 0.5) is 5.69 Å². The van der Waals surface area contributed by atoms with E-state index in [0.717, 1.165) is 5.56 Å². The van der Waals surface area contributed by atoms with Crippen molar-refractivity contribution in [2.45, 2.75) is 13.3 Å². The van der Waals surface area contributed by atoms with Crippen LogP contribution in [0.15, 0.2) is 53.6 Å². The Balaban J connectivity index is 2.11. The van der Waals surface area contributed by atoms with Crippen LogP contribution in [0.1, 0.15) is 29.3 Å². The molecule has 1 N–H and O–H groups in total. The Bertz CT molecular complexity index is 740. The van der Waals surface area contributed by atoms with Gasteiger partial charge in [0.1, 0.15) is 0 Å². The summed E-state index contributed by atoms with van der Waals surface area (Å²) >= 11 is 5.84. The highest BCUT2D eigenvalue weighted by Gasteiger charge is 2.09. The van der Waals surface area contributed by atoms with Gasteiger partial charge in [-0.25, -0.2) is 5.43 Å². The van der Waals surface area contributed by atoms with Crippen LogP contribution in [0, 0.1) is 10.1 Å². The molecule has 118 valence electrons. The lowest BCUT2D eigenvalue weighted by atomic mass is 10.1. The number of hydrogen-bond donors (Lipinski definition) is 1. The zero-order chi connectivity index (χ0) is 16.8. The maximum absolute atomic E-state index is 12.0. The van der Waals surface area contributed by atoms with E-state index in [1.807, 2.05) is 19.1 Å². The maximum atomic E-state index is 12.0. The molecule has 0 spiro atoms. The number of nitro groups is 1. The van der Waals surface area contributed by atoms with Gasteiger partial charge in [0.15, 0.2) is 0 Å². The molecule has 6 nitrogen and oxygen atoms in total. The molecule has 0 unspecified atom stereocenters. The molecule has 0 aliphatic rings. The Morgan fingerprint density at radius 1 is 1.13 bits per heavy atom. The van der Waals surface area contributed by atoms with Gasteiger partial charge in [0.2, 0.25) is 0 Å². The quantitative estimate of drug-likeness (QED) is 0.514. The summed E-state index contributed by atoms with van der Waals surface area (Å²) < 4.78 is 0. The Labute approximate surface area is 137 Å². The van der Waals surface area contributed by atoms with Gasteiger partial charge in [-0.1, -0.05) is 30.7 Å². The minimum atomic E-state index is -0.518. The third kappa shape index (κ3) is 4.37. The molecule has 2 aromatic carbocycles. The van der Waals surface area contributed by atoms with Crippen LogP contribution in [-0.2, 0) is 0 Å². The van der Waals surface area contributed by atoms with Crippen molar-refractivity contribution in [3.8, 4) is 0 Å². The Morgan fingerprint density at radius 2 is 1.70 bits per heavy atom. The third-order valence-electron chi connectivity index (χ3n) is 3.15. The maximum Gasteiger partial charge on any atom is 0.271 e. The monoisotopic (exact) mass is 331 g/mol. The van der Waals surface area contributed by atoms with Gasteiger partial charge in [0.05, 0.1) is 10.6 Å². The normalized spacial score (nSPS) is 11.1. The molecule has 2 aromatic rings. The number of nitrogens with zero attached hydrogens (tertiary/aromatic N) is 2. The van der Waals surface area contributed by atoms with Gasteiger partial charge in [-0.2, -0.15) is 5.10 Å². The summed E-state index contributed by atoms with van der Waals surface area (Å²) in [6.45, 7) is 1.92. The zero-order valence-corrected chi connectivity index (χ0v) is 13.1. The van der Waals surface area contributed by atoms with E-state index in [9.17, 15) is 14.9 Å². The predicted molar refractivity (Wildman–Crippen MR) is 88.8 cm³/mol. The molecule has 1 amide bonds. The van der Waals surface area contributed by atoms with E-state index in [1.54, 1.807) is 12.1 Å². The SMILES string of the molecule is CC/C(=N\NC(=O)c1ccc([N+](=O)[O-])cc1)c1ccc(Cl)cc1. The first-order valence-corrected chi connectivity index (χ1v) is 7.26. The molecular formula is C16H14ClN3O3. The molecule has 0 saturated carbocycles. The van der Waals surface area contributed by atoms with Crippen LogP contribution in [0.25, 0.3) is 0 Å². The molecule has 0 atom stereocenters. The molecule has 0 saturated heterocycles. The van der Waals surface area contributed by atoms with Crippen molar-refractivity contribution in [2.24, 2.45) is 5.10 Å². The van der Waals surface area contributed by atoms with Gasteiger partial charge < -0.3 is 0 Å². The van der Waals surface area contributed by atoms with E-state index in [-0.39, 0.29) is 5.69 Å². The Hall–Kier alpha value is -2.73. The highest BCUT2D eigenvalue weighted by atomic mass is 35.5. The topological polar surface area (TPSA) is 84.6 Å². The van der Waals surface area contributed by atoms with Crippen molar-refractivity contribution in [1.29, 1.82) is 0 Å². The average Bonchev–Trinajstić information content (AvgIpc) is 2.56. The number of hydrazone groups is 1. The van der Waals surface area contributed by atoms with Crippen LogP contribution in [0.2, 0.25) is 5.02 Å². The molecule has 2 rings (SSSR count). The van der Waals surface area contributed by atoms with Crippen LogP contribution in [0.3, 0.4) is 0 Å². The fourth-order valence-corrected chi connectivity index (χ4v) is 2.03. The lowest BCUT2D eigenvalue weighted by molar-refractivity contribution is -0.384. The molecule has 23 heavy (non-hydrogen) atoms. The summed E-state index contributed by atoms with van der Waals surface area (Å²) in [5.74, 6) is -0.431. The fraction of sp³-hybridized carbons (Fsp3) is 0.125. The van der Waals surface area contributed by atoms with E-state index in [2.05, 4.69) is 10.5 Å². The third-order valence-corrected chi connectivity index (χ3v) is 3.40. The largest absolute Gasteiger partial charge is 0.271 e. The van der Waals surface area contributed by atoms with E-state index in [4.69, 9.17) is 11.6 Å². The molecule has 0 heterocycles. The van der Waals surface area contributed by atoms with Crippen LogP contribution < -0.4 is 5.43 Å². The number of amides is 1. The molecule has 7 heteroatoms. The minimum Gasteiger partial charge on any atom is -0.267 e. The van der Waals surface area contributed by atoms with E-state index in [1.165, 1.54) is 24.3 Å². The number of nitro benzene ring substituents is 1. The zero-order valence-electron chi connectivity index (χ0n) is 12.3. The first kappa shape index (κ1) is 16.6. The van der Waals surface area contributed by atoms with Crippen molar-refractivity contribution >= 4 is 28.9 Å². The summed E-state index contributed by atoms with van der Waals surface area (Å²) in [6, 6.07) is 12.5. The molecule has 0 aliphatic carbocycles. The van der Waals surface area contributed by atoms with Crippen LogP contribution >= 0.6 is 11.6 Å². The Morgan fingerprint density at radius 3 is 2.22 bits per heavy atom. The van der Waals surface area contributed by atoms with Gasteiger partial charge in [0, 0.05) is 22.7 Å². The van der Waals surface area contributed by atoms with Gasteiger partial charge in [-0.05, 0) is 36.2 Å². The number of halogens is 1. The number of carbonyl (C=O) groups excluding carboxylic acids is 1. The first-order valence-electron chi connectivity index (χ1n) is 6.88. The number of non-ortho nitro benzene ring substituents is 1. The molecule has 0 bridgehead atoms. The summed E-state index contributed by atoms with van der Waals surface area (Å²) in [5, 5.41) is 15.3. The van der Waals surface area contributed by atoms with Gasteiger partial charge >= 0.3 is 0 Å². The molecular weight excluding hydrogens is 318 g/mol. The highest BCUT2D eigenvalue weighted by Crippen LogP contribution is 2.13. The van der Waals surface area contributed by atoms with Crippen molar-refractivity contribution in [3.63, 3.8) is 0 Å². The minimum absolute atomic E-state index is 0.0690. The number of carbonyl (C=O) groups is 1. The van der Waals surface area contributed by atoms with E-state index < -0.39 is 10.8 Å². The number of nitrogens with one attached hydrogen (secondary N) is 1. The second-order valence-electron chi connectivity index (χ2n) is 4.66. The molecule has 0 fully saturated rings. The average molecular weight is 332 g/mol. The second-order valence-corrected chi connectivity index (χ2v) is 5.10. The summed E-state index contributed by atoms with van der Waals surface area (Å²) in [5.41, 5.74) is 4.25. The van der Waals surface area contributed by atoms with Crippen LogP contribution in [0.5, 0.6) is 0 Å². The predicted octanol–water partition coefficient (Wildman–Crippen LogP) is 3.79. The standard InChI is InChI=1S/C16H14ClN3O3/c1-2-15(11-3-7-13(17)8-4-11)18-19-16(21)12-5-9-14(10-6-12)20(22)23/h3-10H,2H2,1H3,(H,19,21)/b18-15+. The number of rotatable bonds is 5. The fourth-order valence-electron chi connectivity index (χ4n) is 1.91. The Kier molecular flexibility index (Phi) is 5.43. The van der Waals surface area contributed by atoms with Gasteiger partial charge in [-0.3, -0.25) is 14.9 Å². The van der Waals surface area contributed by atoms with E-state index in [0.29, 0.717) is 22.7 Å². The highest BCUT2D eigenvalue weighted by molar-refractivity contribution is 6.30. The molecule has 0 aliphatic heterocycles. The molecule has 0 radical (unpaired) electrons. The number of hydrogen-bond acceptors (Lipinski definition) is 4. The van der Waals surface area contributed by atoms with Gasteiger partial charge in [-0.15, -0.1) is 0 Å². The van der Waals surface area contributed by atoms with Crippen molar-refractivity contribution in [1.82, 2.24) is 5.43 Å². The summed E-state index contributed by atoms with van der Waals surface area (Å²) in [7, 11) is 0. The summed E-state index contributed by atoms with van der Waals surface area (Å²) in [4.78, 5) is 22.1. The smallest absolute Gasteiger partial charge is 0.267 e. The van der Waals surface area contributed by atoms with Crippen LogP contribution in [-0.4, -0.2) is 16.5 Å². The lowest BCUT2D eigenvalue weighted by Gasteiger charge is -2.05. The van der Waals surface area contributed by atoms with Gasteiger partial charge in [0.25, 0.3) is 11.6 Å². The van der Waals surface area contributed by atoms with E-state index >= 15 is 0 Å². The van der Waals surface area contributed by atoms with Crippen molar-refractivity contribution < 1.29 is 9.72 Å². The number of benzene rings is 2. The van der Waals surface area contributed by atoms with Crippen molar-refractivity contribution in [3.05, 3.63) is 74.8 Å². The second kappa shape index (κ2) is 7.51. The summed E-state index contributed by atoms with van der Waals surface area (Å²) in [6.07, 6.45) is 0.627. The first-order chi connectivity index (χ1) is 11.0. The molecule has 0 aromatic heterocycles.